The van der Waals surface area contributed by atoms with E-state index in [-0.39, 0.29) is 11.8 Å². The van der Waals surface area contributed by atoms with Crippen molar-refractivity contribution in [2.24, 2.45) is 5.92 Å². The molecule has 1 unspecified atom stereocenters. The van der Waals surface area contributed by atoms with Crippen molar-refractivity contribution in [2.45, 2.75) is 44.8 Å². The average Bonchev–Trinajstić information content (AvgIpc) is 3.16. The minimum Gasteiger partial charge on any atom is -0.472 e. The highest BCUT2D eigenvalue weighted by atomic mass is 16.3. The molecule has 2 aromatic rings. The van der Waals surface area contributed by atoms with Crippen LogP contribution in [-0.2, 0) is 17.9 Å². The van der Waals surface area contributed by atoms with Gasteiger partial charge in [0.05, 0.1) is 24.3 Å². The van der Waals surface area contributed by atoms with Crippen LogP contribution < -0.4 is 5.32 Å². The zero-order valence-corrected chi connectivity index (χ0v) is 13.9. The van der Waals surface area contributed by atoms with Gasteiger partial charge in [-0.1, -0.05) is 6.42 Å². The maximum Gasteiger partial charge on any atom is 0.223 e. The molecular formula is C18H24N4O2. The molecule has 0 saturated heterocycles. The van der Waals surface area contributed by atoms with Crippen molar-refractivity contribution in [1.29, 1.82) is 0 Å². The number of furan rings is 1. The minimum absolute atomic E-state index is 0.230. The number of amides is 1. The normalized spacial score (nSPS) is 21.2. The number of nitrogens with one attached hydrogen (secondary N) is 1. The third kappa shape index (κ3) is 3.24. The summed E-state index contributed by atoms with van der Waals surface area (Å²) < 4.78 is 7.30. The van der Waals surface area contributed by atoms with Crippen LogP contribution in [0.4, 0.5) is 0 Å². The summed E-state index contributed by atoms with van der Waals surface area (Å²) in [5.74, 6) is 0.488. The highest BCUT2D eigenvalue weighted by Crippen LogP contribution is 2.27. The lowest BCUT2D eigenvalue weighted by molar-refractivity contribution is -0.127. The highest BCUT2D eigenvalue weighted by Gasteiger charge is 2.27. The molecule has 0 bridgehead atoms. The summed E-state index contributed by atoms with van der Waals surface area (Å²) in [5, 5.41) is 7.59. The van der Waals surface area contributed by atoms with Gasteiger partial charge >= 0.3 is 0 Å². The van der Waals surface area contributed by atoms with Crippen molar-refractivity contribution in [3.05, 3.63) is 42.1 Å². The van der Waals surface area contributed by atoms with Gasteiger partial charge in [0, 0.05) is 43.9 Å². The summed E-state index contributed by atoms with van der Waals surface area (Å²) in [5.41, 5.74) is 2.43. The summed E-state index contributed by atoms with van der Waals surface area (Å²) in [6, 6.07) is 4.40. The van der Waals surface area contributed by atoms with Gasteiger partial charge in [-0.15, -0.1) is 0 Å². The molecule has 2 aromatic heterocycles. The average molecular weight is 328 g/mol. The fourth-order valence-electron chi connectivity index (χ4n) is 3.62. The van der Waals surface area contributed by atoms with Crippen LogP contribution in [0.5, 0.6) is 0 Å². The molecule has 1 fully saturated rings. The van der Waals surface area contributed by atoms with Crippen LogP contribution in [0.25, 0.3) is 0 Å². The van der Waals surface area contributed by atoms with Gasteiger partial charge in [-0.3, -0.25) is 14.4 Å². The maximum atomic E-state index is 12.0. The molecule has 0 radical (unpaired) electrons. The van der Waals surface area contributed by atoms with E-state index in [9.17, 15) is 4.79 Å². The van der Waals surface area contributed by atoms with Crippen LogP contribution in [0.2, 0.25) is 0 Å². The Morgan fingerprint density at radius 2 is 2.29 bits per heavy atom. The zero-order valence-electron chi connectivity index (χ0n) is 13.9. The largest absolute Gasteiger partial charge is 0.472 e. The molecule has 4 rings (SSSR count). The van der Waals surface area contributed by atoms with E-state index in [1.165, 1.54) is 17.7 Å². The Hall–Kier alpha value is -2.08. The topological polar surface area (TPSA) is 63.3 Å². The van der Waals surface area contributed by atoms with Crippen LogP contribution in [0, 0.1) is 5.92 Å². The maximum absolute atomic E-state index is 12.0. The predicted molar refractivity (Wildman–Crippen MR) is 89.1 cm³/mol. The van der Waals surface area contributed by atoms with Crippen molar-refractivity contribution in [3.63, 3.8) is 0 Å². The molecular weight excluding hydrogens is 304 g/mol. The van der Waals surface area contributed by atoms with Gasteiger partial charge in [0.25, 0.3) is 0 Å². The highest BCUT2D eigenvalue weighted by molar-refractivity contribution is 5.79. The first-order chi connectivity index (χ1) is 11.8. The number of hydrogen-bond acceptors (Lipinski definition) is 4. The molecule has 6 nitrogen and oxygen atoms in total. The lowest BCUT2D eigenvalue weighted by atomic mass is 9.85. The predicted octanol–water partition coefficient (Wildman–Crippen LogP) is 2.34. The SMILES string of the molecule is O=C(NCCC1CN(Cc2ccoc2)Cc2ccnn21)C1CCC1. The van der Waals surface area contributed by atoms with Crippen molar-refractivity contribution in [3.8, 4) is 0 Å². The standard InChI is InChI=1S/C18H24N4O2/c23-18(15-2-1-3-15)19-7-4-16-11-21(10-14-6-9-24-13-14)12-17-5-8-20-22(16)17/h5-6,8-9,13,15-16H,1-4,7,10-12H2,(H,19,23). The van der Waals surface area contributed by atoms with Gasteiger partial charge in [0.1, 0.15) is 0 Å². The first kappa shape index (κ1) is 15.4. The monoisotopic (exact) mass is 328 g/mol. The Morgan fingerprint density at radius 1 is 1.38 bits per heavy atom. The first-order valence-electron chi connectivity index (χ1n) is 8.83. The Bertz CT molecular complexity index is 675. The van der Waals surface area contributed by atoms with Crippen molar-refractivity contribution < 1.29 is 9.21 Å². The number of carbonyl (C=O) groups is 1. The summed E-state index contributed by atoms with van der Waals surface area (Å²) in [6.07, 6.45) is 9.61. The molecule has 1 saturated carbocycles. The number of fused-ring (bicyclic) bond motifs is 1. The quantitative estimate of drug-likeness (QED) is 0.884. The molecule has 1 atom stereocenters. The summed E-state index contributed by atoms with van der Waals surface area (Å²) >= 11 is 0. The van der Waals surface area contributed by atoms with Gasteiger partial charge in [0.2, 0.25) is 5.91 Å². The molecule has 0 aromatic carbocycles. The molecule has 3 heterocycles. The Kier molecular flexibility index (Phi) is 4.38. The smallest absolute Gasteiger partial charge is 0.223 e. The number of nitrogens with zero attached hydrogens (tertiary/aromatic N) is 3. The number of aromatic nitrogens is 2. The number of hydrogen-bond donors (Lipinski definition) is 1. The second kappa shape index (κ2) is 6.81. The van der Waals surface area contributed by atoms with Crippen LogP contribution in [0.3, 0.4) is 0 Å². The van der Waals surface area contributed by atoms with Crippen LogP contribution >= 0.6 is 0 Å². The molecule has 1 N–H and O–H groups in total. The summed E-state index contributed by atoms with van der Waals surface area (Å²) in [4.78, 5) is 14.4. The third-order valence-electron chi connectivity index (χ3n) is 5.19. The Morgan fingerprint density at radius 3 is 3.04 bits per heavy atom. The second-order valence-electron chi connectivity index (χ2n) is 6.93. The van der Waals surface area contributed by atoms with E-state index in [4.69, 9.17) is 4.42 Å². The van der Waals surface area contributed by atoms with Crippen molar-refractivity contribution in [2.75, 3.05) is 13.1 Å². The molecule has 0 spiro atoms. The Labute approximate surface area is 141 Å². The number of carbonyl (C=O) groups excluding carboxylic acids is 1. The van der Waals surface area contributed by atoms with Gasteiger partial charge in [-0.05, 0) is 31.4 Å². The summed E-state index contributed by atoms with van der Waals surface area (Å²) in [6.45, 7) is 3.45. The van der Waals surface area contributed by atoms with Gasteiger partial charge in [-0.2, -0.15) is 5.10 Å². The van der Waals surface area contributed by atoms with Crippen LogP contribution in [-0.4, -0.2) is 33.7 Å². The van der Waals surface area contributed by atoms with Crippen molar-refractivity contribution in [1.82, 2.24) is 20.0 Å². The van der Waals surface area contributed by atoms with Crippen LogP contribution in [0.1, 0.15) is 43.0 Å². The van der Waals surface area contributed by atoms with E-state index < -0.39 is 0 Å². The van der Waals surface area contributed by atoms with E-state index in [0.29, 0.717) is 6.04 Å². The van der Waals surface area contributed by atoms with E-state index in [0.717, 1.165) is 45.4 Å². The Balaban J connectivity index is 1.35. The molecule has 2 aliphatic rings. The fraction of sp³-hybridized carbons (Fsp3) is 0.556. The van der Waals surface area contributed by atoms with Gasteiger partial charge < -0.3 is 9.73 Å². The van der Waals surface area contributed by atoms with E-state index in [1.807, 2.05) is 12.3 Å². The lowest BCUT2D eigenvalue weighted by Crippen LogP contribution is -2.40. The molecule has 1 aliphatic carbocycles. The molecule has 1 amide bonds. The minimum atomic E-state index is 0.230. The molecule has 1 aliphatic heterocycles. The van der Waals surface area contributed by atoms with Gasteiger partial charge in [0.15, 0.2) is 0 Å². The zero-order chi connectivity index (χ0) is 16.4. The molecule has 128 valence electrons. The molecule has 24 heavy (non-hydrogen) atoms. The van der Waals surface area contributed by atoms with E-state index in [1.54, 1.807) is 12.5 Å². The van der Waals surface area contributed by atoms with Crippen LogP contribution in [0.15, 0.2) is 35.3 Å². The molecule has 6 heteroatoms. The van der Waals surface area contributed by atoms with E-state index in [2.05, 4.69) is 26.1 Å². The fourth-order valence-corrected chi connectivity index (χ4v) is 3.62. The first-order valence-corrected chi connectivity index (χ1v) is 8.83. The van der Waals surface area contributed by atoms with Crippen molar-refractivity contribution >= 4 is 5.91 Å². The van der Waals surface area contributed by atoms with E-state index >= 15 is 0 Å². The third-order valence-corrected chi connectivity index (χ3v) is 5.19. The van der Waals surface area contributed by atoms with Gasteiger partial charge in [-0.25, -0.2) is 0 Å². The second-order valence-corrected chi connectivity index (χ2v) is 6.93. The number of rotatable bonds is 6. The summed E-state index contributed by atoms with van der Waals surface area (Å²) in [7, 11) is 0. The lowest BCUT2D eigenvalue weighted by Gasteiger charge is -2.34.